The zero-order valence-corrected chi connectivity index (χ0v) is 6.63. The van der Waals surface area contributed by atoms with Crippen LogP contribution in [0.1, 0.15) is 26.2 Å². The molecule has 0 aliphatic heterocycles. The highest BCUT2D eigenvalue weighted by atomic mass is 16.5. The van der Waals surface area contributed by atoms with E-state index in [0.717, 1.165) is 6.42 Å². The lowest BCUT2D eigenvalue weighted by Gasteiger charge is -2.22. The highest BCUT2D eigenvalue weighted by molar-refractivity contribution is 5.89. The number of Topliss-reactive ketones (excluding diaryl/α,β-unsaturated/α-hetero) is 1. The maximum atomic E-state index is 10.8. The third kappa shape index (κ3) is 2.03. The molecule has 0 radical (unpaired) electrons. The Kier molecular flexibility index (Phi) is 2.63. The first-order chi connectivity index (χ1) is 5.24. The Bertz CT molecular complexity index is 174. The van der Waals surface area contributed by atoms with Gasteiger partial charge in [-0.2, -0.15) is 0 Å². The van der Waals surface area contributed by atoms with Crippen LogP contribution in [-0.4, -0.2) is 18.4 Å². The second-order valence-electron chi connectivity index (χ2n) is 2.71. The number of ketones is 1. The first-order valence-electron chi connectivity index (χ1n) is 3.92. The molecule has 0 aromatic heterocycles. The van der Waals surface area contributed by atoms with Gasteiger partial charge in [0.2, 0.25) is 0 Å². The fraction of sp³-hybridized carbons (Fsp3) is 0.750. The van der Waals surface area contributed by atoms with Gasteiger partial charge in [-0.25, -0.2) is 0 Å². The zero-order chi connectivity index (χ0) is 8.27. The maximum Gasteiger partial charge on any atom is 0.306 e. The van der Waals surface area contributed by atoms with Gasteiger partial charge in [-0.1, -0.05) is 0 Å². The molecule has 3 nitrogen and oxygen atoms in total. The molecule has 0 amide bonds. The van der Waals surface area contributed by atoms with E-state index in [1.807, 2.05) is 0 Å². The lowest BCUT2D eigenvalue weighted by atomic mass is 9.81. The molecule has 62 valence electrons. The number of hydrogen-bond donors (Lipinski definition) is 0. The van der Waals surface area contributed by atoms with Gasteiger partial charge >= 0.3 is 5.97 Å². The second-order valence-corrected chi connectivity index (χ2v) is 2.71. The Morgan fingerprint density at radius 1 is 1.73 bits per heavy atom. The van der Waals surface area contributed by atoms with Crippen LogP contribution in [0.25, 0.3) is 0 Å². The molecule has 0 aromatic carbocycles. The summed E-state index contributed by atoms with van der Waals surface area (Å²) in [6.45, 7) is 2.17. The van der Waals surface area contributed by atoms with E-state index in [1.54, 1.807) is 6.92 Å². The molecule has 1 rings (SSSR count). The van der Waals surface area contributed by atoms with Crippen LogP contribution in [0.5, 0.6) is 0 Å². The molecule has 0 heterocycles. The van der Waals surface area contributed by atoms with Gasteiger partial charge in [-0.15, -0.1) is 0 Å². The van der Waals surface area contributed by atoms with Crippen LogP contribution in [0.15, 0.2) is 0 Å². The summed E-state index contributed by atoms with van der Waals surface area (Å²) in [7, 11) is 0. The number of ether oxygens (including phenoxy) is 1. The highest BCUT2D eigenvalue weighted by Crippen LogP contribution is 2.25. The van der Waals surface area contributed by atoms with Crippen LogP contribution < -0.4 is 0 Å². The van der Waals surface area contributed by atoms with E-state index in [1.165, 1.54) is 0 Å². The highest BCUT2D eigenvalue weighted by Gasteiger charge is 2.30. The van der Waals surface area contributed by atoms with Crippen molar-refractivity contribution in [1.29, 1.82) is 0 Å². The normalized spacial score (nSPS) is 22.6. The second kappa shape index (κ2) is 3.51. The summed E-state index contributed by atoms with van der Waals surface area (Å²) in [4.78, 5) is 21.6. The molecular formula is C8H12O3. The monoisotopic (exact) mass is 156 g/mol. The van der Waals surface area contributed by atoms with Gasteiger partial charge in [0.1, 0.15) is 5.78 Å². The number of carbonyl (C=O) groups excluding carboxylic acids is 2. The van der Waals surface area contributed by atoms with Crippen molar-refractivity contribution >= 4 is 11.8 Å². The van der Waals surface area contributed by atoms with E-state index in [9.17, 15) is 9.59 Å². The van der Waals surface area contributed by atoms with Gasteiger partial charge in [0.05, 0.1) is 13.0 Å². The van der Waals surface area contributed by atoms with Crippen molar-refractivity contribution in [2.75, 3.05) is 6.61 Å². The van der Waals surface area contributed by atoms with Crippen LogP contribution in [0.4, 0.5) is 0 Å². The third-order valence-electron chi connectivity index (χ3n) is 1.91. The lowest BCUT2D eigenvalue weighted by molar-refractivity contribution is -0.148. The molecule has 1 atom stereocenters. The minimum absolute atomic E-state index is 0.0333. The number of esters is 1. The van der Waals surface area contributed by atoms with Crippen LogP contribution in [0.2, 0.25) is 0 Å². The minimum Gasteiger partial charge on any atom is -0.466 e. The predicted octanol–water partition coefficient (Wildman–Crippen LogP) is 0.919. The van der Waals surface area contributed by atoms with Gasteiger partial charge in [-0.05, 0) is 13.3 Å². The summed E-state index contributed by atoms with van der Waals surface area (Å²) in [5, 5.41) is 0. The fourth-order valence-electron chi connectivity index (χ4n) is 1.10. The van der Waals surface area contributed by atoms with Gasteiger partial charge in [0.25, 0.3) is 0 Å². The fourth-order valence-corrected chi connectivity index (χ4v) is 1.10. The smallest absolute Gasteiger partial charge is 0.306 e. The SMILES string of the molecule is CCOC(=O)CC1CCC1=O. The minimum atomic E-state index is -0.245. The zero-order valence-electron chi connectivity index (χ0n) is 6.63. The van der Waals surface area contributed by atoms with Crippen molar-refractivity contribution in [3.05, 3.63) is 0 Å². The molecule has 11 heavy (non-hydrogen) atoms. The van der Waals surface area contributed by atoms with Crippen molar-refractivity contribution in [2.45, 2.75) is 26.2 Å². The molecule has 0 N–H and O–H groups in total. The third-order valence-corrected chi connectivity index (χ3v) is 1.91. The van der Waals surface area contributed by atoms with Crippen LogP contribution in [-0.2, 0) is 14.3 Å². The summed E-state index contributed by atoms with van der Waals surface area (Å²) < 4.78 is 4.71. The first-order valence-corrected chi connectivity index (χ1v) is 3.92. The molecule has 0 bridgehead atoms. The molecule has 1 aliphatic carbocycles. The lowest BCUT2D eigenvalue weighted by Crippen LogP contribution is -2.28. The molecule has 0 saturated heterocycles. The van der Waals surface area contributed by atoms with E-state index < -0.39 is 0 Å². The molecule has 1 fully saturated rings. The van der Waals surface area contributed by atoms with Crippen LogP contribution in [0, 0.1) is 5.92 Å². The van der Waals surface area contributed by atoms with Crippen molar-refractivity contribution in [1.82, 2.24) is 0 Å². The quantitative estimate of drug-likeness (QED) is 0.570. The Hall–Kier alpha value is -0.860. The average Bonchev–Trinajstić information content (AvgIpc) is 1.98. The van der Waals surface area contributed by atoms with Gasteiger partial charge in [0, 0.05) is 12.3 Å². The van der Waals surface area contributed by atoms with Crippen LogP contribution >= 0.6 is 0 Å². The molecule has 1 aliphatic rings. The van der Waals surface area contributed by atoms with Crippen LogP contribution in [0.3, 0.4) is 0 Å². The molecule has 0 spiro atoms. The Labute approximate surface area is 65.7 Å². The van der Waals surface area contributed by atoms with E-state index in [-0.39, 0.29) is 24.1 Å². The molecule has 0 aromatic rings. The Morgan fingerprint density at radius 3 is 2.82 bits per heavy atom. The van der Waals surface area contributed by atoms with E-state index in [0.29, 0.717) is 13.0 Å². The number of carbonyl (C=O) groups is 2. The average molecular weight is 156 g/mol. The summed E-state index contributed by atoms with van der Waals surface area (Å²) in [5.41, 5.74) is 0. The Balaban J connectivity index is 2.19. The molecule has 1 saturated carbocycles. The predicted molar refractivity (Wildman–Crippen MR) is 39.0 cm³/mol. The first kappa shape index (κ1) is 8.24. The van der Waals surface area contributed by atoms with Crippen molar-refractivity contribution in [3.63, 3.8) is 0 Å². The van der Waals surface area contributed by atoms with Gasteiger partial charge in [0.15, 0.2) is 0 Å². The number of hydrogen-bond acceptors (Lipinski definition) is 3. The van der Waals surface area contributed by atoms with Gasteiger partial charge < -0.3 is 4.74 Å². The maximum absolute atomic E-state index is 10.8. The standard InChI is InChI=1S/C8H12O3/c1-2-11-8(10)5-6-3-4-7(6)9/h6H,2-5H2,1H3. The molecular weight excluding hydrogens is 144 g/mol. The van der Waals surface area contributed by atoms with E-state index in [2.05, 4.69) is 0 Å². The summed E-state index contributed by atoms with van der Waals surface area (Å²) in [6, 6.07) is 0. The van der Waals surface area contributed by atoms with Gasteiger partial charge in [-0.3, -0.25) is 9.59 Å². The van der Waals surface area contributed by atoms with E-state index in [4.69, 9.17) is 4.74 Å². The topological polar surface area (TPSA) is 43.4 Å². The van der Waals surface area contributed by atoms with Crippen molar-refractivity contribution in [3.8, 4) is 0 Å². The largest absolute Gasteiger partial charge is 0.466 e. The summed E-state index contributed by atoms with van der Waals surface area (Å²) in [6.07, 6.45) is 1.79. The summed E-state index contributed by atoms with van der Waals surface area (Å²) in [5.74, 6) is -0.0716. The number of rotatable bonds is 3. The van der Waals surface area contributed by atoms with E-state index >= 15 is 0 Å². The molecule has 3 heteroatoms. The summed E-state index contributed by atoms with van der Waals surface area (Å²) >= 11 is 0. The Morgan fingerprint density at radius 2 is 2.45 bits per heavy atom. The van der Waals surface area contributed by atoms with Crippen molar-refractivity contribution < 1.29 is 14.3 Å². The van der Waals surface area contributed by atoms with Crippen molar-refractivity contribution in [2.24, 2.45) is 5.92 Å². The molecule has 1 unspecified atom stereocenters.